The average molecular weight is 281 g/mol. The first-order valence-corrected chi connectivity index (χ1v) is 7.64. The first-order valence-electron chi connectivity index (χ1n) is 7.64. The third-order valence-electron chi connectivity index (χ3n) is 4.62. The zero-order valence-corrected chi connectivity index (χ0v) is 12.8. The van der Waals surface area contributed by atoms with Crippen LogP contribution in [0.4, 0.5) is 0 Å². The van der Waals surface area contributed by atoms with Gasteiger partial charge in [0.15, 0.2) is 0 Å². The maximum Gasteiger partial charge on any atom is 0.119 e. The quantitative estimate of drug-likeness (QED) is 0.870. The zero-order chi connectivity index (χ0) is 14.7. The summed E-state index contributed by atoms with van der Waals surface area (Å²) in [4.78, 5) is 0. The Kier molecular flexibility index (Phi) is 3.98. The van der Waals surface area contributed by atoms with Crippen LogP contribution in [0, 0.1) is 5.92 Å². The number of benzene rings is 2. The van der Waals surface area contributed by atoms with Gasteiger partial charge in [-0.1, -0.05) is 49.4 Å². The van der Waals surface area contributed by atoms with Gasteiger partial charge in [-0.15, -0.1) is 0 Å². The van der Waals surface area contributed by atoms with Crippen molar-refractivity contribution >= 4 is 0 Å². The van der Waals surface area contributed by atoms with E-state index in [-0.39, 0.29) is 0 Å². The molecular formula is C19H23NO. The van der Waals surface area contributed by atoms with Gasteiger partial charge >= 0.3 is 0 Å². The van der Waals surface area contributed by atoms with Crippen molar-refractivity contribution in [2.75, 3.05) is 13.6 Å². The first-order chi connectivity index (χ1) is 10.2. The molecule has 0 aromatic heterocycles. The fraction of sp³-hybridized carbons (Fsp3) is 0.368. The highest BCUT2D eigenvalue weighted by Crippen LogP contribution is 2.53. The predicted octanol–water partition coefficient (Wildman–Crippen LogP) is 3.76. The molecule has 1 saturated carbocycles. The van der Waals surface area contributed by atoms with Gasteiger partial charge in [-0.2, -0.15) is 0 Å². The van der Waals surface area contributed by atoms with Gasteiger partial charge < -0.3 is 10.1 Å². The van der Waals surface area contributed by atoms with Gasteiger partial charge in [0.1, 0.15) is 12.4 Å². The van der Waals surface area contributed by atoms with Gasteiger partial charge in [-0.3, -0.25) is 0 Å². The summed E-state index contributed by atoms with van der Waals surface area (Å²) in [7, 11) is 2.03. The number of hydrogen-bond acceptors (Lipinski definition) is 2. The maximum absolute atomic E-state index is 5.84. The second kappa shape index (κ2) is 5.90. The van der Waals surface area contributed by atoms with Crippen LogP contribution in [-0.2, 0) is 12.0 Å². The van der Waals surface area contributed by atoms with Crippen molar-refractivity contribution < 1.29 is 4.74 Å². The molecule has 1 aliphatic carbocycles. The molecule has 110 valence electrons. The lowest BCUT2D eigenvalue weighted by Crippen LogP contribution is -2.15. The Bertz CT molecular complexity index is 578. The van der Waals surface area contributed by atoms with Crippen LogP contribution < -0.4 is 10.1 Å². The Morgan fingerprint density at radius 1 is 1.10 bits per heavy atom. The largest absolute Gasteiger partial charge is 0.489 e. The summed E-state index contributed by atoms with van der Waals surface area (Å²) >= 11 is 0. The summed E-state index contributed by atoms with van der Waals surface area (Å²) in [5.74, 6) is 1.70. The monoisotopic (exact) mass is 281 g/mol. The summed E-state index contributed by atoms with van der Waals surface area (Å²) in [5.41, 5.74) is 2.97. The standard InChI is InChI=1S/C19H23NO/c1-19(12-17(19)13-20-2)16-8-10-18(11-9-16)21-14-15-6-4-3-5-7-15/h3-11,17,20H,12-14H2,1-2H3. The van der Waals surface area contributed by atoms with Crippen LogP contribution >= 0.6 is 0 Å². The molecule has 1 N–H and O–H groups in total. The van der Waals surface area contributed by atoms with E-state index in [2.05, 4.69) is 48.6 Å². The van der Waals surface area contributed by atoms with E-state index in [9.17, 15) is 0 Å². The summed E-state index contributed by atoms with van der Waals surface area (Å²) < 4.78 is 5.84. The molecule has 2 aromatic carbocycles. The van der Waals surface area contributed by atoms with Gasteiger partial charge in [0, 0.05) is 0 Å². The summed E-state index contributed by atoms with van der Waals surface area (Å²) in [6.45, 7) is 4.08. The topological polar surface area (TPSA) is 21.3 Å². The molecule has 0 amide bonds. The second-order valence-corrected chi connectivity index (χ2v) is 6.17. The fourth-order valence-corrected chi connectivity index (χ4v) is 3.02. The van der Waals surface area contributed by atoms with Gasteiger partial charge in [0.2, 0.25) is 0 Å². The molecular weight excluding hydrogens is 258 g/mol. The highest BCUT2D eigenvalue weighted by Gasteiger charge is 2.50. The van der Waals surface area contributed by atoms with Crippen molar-refractivity contribution in [1.29, 1.82) is 0 Å². The van der Waals surface area contributed by atoms with Crippen molar-refractivity contribution in [3.63, 3.8) is 0 Å². The van der Waals surface area contributed by atoms with Gasteiger partial charge in [0.25, 0.3) is 0 Å². The normalized spacial score (nSPS) is 23.8. The Labute approximate surface area is 127 Å². The van der Waals surface area contributed by atoms with Crippen LogP contribution in [0.2, 0.25) is 0 Å². The second-order valence-electron chi connectivity index (χ2n) is 6.17. The van der Waals surface area contributed by atoms with Crippen molar-refractivity contribution in [1.82, 2.24) is 5.32 Å². The molecule has 2 nitrogen and oxygen atoms in total. The smallest absolute Gasteiger partial charge is 0.119 e. The highest BCUT2D eigenvalue weighted by atomic mass is 16.5. The van der Waals surface area contributed by atoms with E-state index >= 15 is 0 Å². The minimum Gasteiger partial charge on any atom is -0.489 e. The molecule has 21 heavy (non-hydrogen) atoms. The summed E-state index contributed by atoms with van der Waals surface area (Å²) in [6.07, 6.45) is 1.28. The van der Waals surface area contributed by atoms with Crippen LogP contribution in [0.15, 0.2) is 54.6 Å². The lowest BCUT2D eigenvalue weighted by atomic mass is 9.95. The van der Waals surface area contributed by atoms with E-state index in [1.807, 2.05) is 25.2 Å². The predicted molar refractivity (Wildman–Crippen MR) is 86.6 cm³/mol. The molecule has 2 atom stereocenters. The Morgan fingerprint density at radius 2 is 1.81 bits per heavy atom. The maximum atomic E-state index is 5.84. The van der Waals surface area contributed by atoms with Crippen LogP contribution in [0.3, 0.4) is 0 Å². The van der Waals surface area contributed by atoms with E-state index < -0.39 is 0 Å². The van der Waals surface area contributed by atoms with Crippen molar-refractivity contribution in [2.24, 2.45) is 5.92 Å². The minimum atomic E-state index is 0.348. The molecule has 3 rings (SSSR count). The van der Waals surface area contributed by atoms with Gasteiger partial charge in [-0.05, 0) is 54.6 Å². The molecule has 1 fully saturated rings. The van der Waals surface area contributed by atoms with Gasteiger partial charge in [-0.25, -0.2) is 0 Å². The third-order valence-corrected chi connectivity index (χ3v) is 4.62. The Morgan fingerprint density at radius 3 is 2.48 bits per heavy atom. The first kappa shape index (κ1) is 14.2. The van der Waals surface area contributed by atoms with Gasteiger partial charge in [0.05, 0.1) is 0 Å². The van der Waals surface area contributed by atoms with E-state index in [0.717, 1.165) is 18.2 Å². The molecule has 0 heterocycles. The lowest BCUT2D eigenvalue weighted by Gasteiger charge is -2.13. The molecule has 1 aliphatic rings. The molecule has 0 radical (unpaired) electrons. The minimum absolute atomic E-state index is 0.348. The Hall–Kier alpha value is -1.80. The number of nitrogens with one attached hydrogen (secondary N) is 1. The number of hydrogen-bond donors (Lipinski definition) is 1. The third kappa shape index (κ3) is 3.11. The van der Waals surface area contributed by atoms with Crippen molar-refractivity contribution in [2.45, 2.75) is 25.4 Å². The molecule has 2 unspecified atom stereocenters. The van der Waals surface area contributed by atoms with Crippen LogP contribution in [0.1, 0.15) is 24.5 Å². The molecule has 2 aromatic rings. The zero-order valence-electron chi connectivity index (χ0n) is 12.8. The number of ether oxygens (including phenoxy) is 1. The average Bonchev–Trinajstić information content (AvgIpc) is 3.19. The van der Waals surface area contributed by atoms with E-state index in [4.69, 9.17) is 4.74 Å². The summed E-state index contributed by atoms with van der Waals surface area (Å²) in [6, 6.07) is 18.9. The number of rotatable bonds is 6. The Balaban J connectivity index is 1.60. The van der Waals surface area contributed by atoms with E-state index in [1.165, 1.54) is 17.5 Å². The fourth-order valence-electron chi connectivity index (χ4n) is 3.02. The van der Waals surface area contributed by atoms with E-state index in [0.29, 0.717) is 12.0 Å². The highest BCUT2D eigenvalue weighted by molar-refractivity contribution is 5.37. The molecule has 0 spiro atoms. The van der Waals surface area contributed by atoms with Crippen LogP contribution in [0.25, 0.3) is 0 Å². The van der Waals surface area contributed by atoms with Crippen molar-refractivity contribution in [3.05, 3.63) is 65.7 Å². The van der Waals surface area contributed by atoms with E-state index in [1.54, 1.807) is 0 Å². The lowest BCUT2D eigenvalue weighted by molar-refractivity contribution is 0.306. The molecule has 0 bridgehead atoms. The van der Waals surface area contributed by atoms with Crippen LogP contribution in [-0.4, -0.2) is 13.6 Å². The molecule has 0 saturated heterocycles. The SMILES string of the molecule is CNCC1CC1(C)c1ccc(OCc2ccccc2)cc1. The molecule has 0 aliphatic heterocycles. The van der Waals surface area contributed by atoms with Crippen molar-refractivity contribution in [3.8, 4) is 5.75 Å². The molecule has 2 heteroatoms. The van der Waals surface area contributed by atoms with Crippen LogP contribution in [0.5, 0.6) is 5.75 Å². The summed E-state index contributed by atoms with van der Waals surface area (Å²) in [5, 5.41) is 3.28.